The molecule has 1 N–H and O–H groups in total. The molecule has 1 saturated heterocycles. The van der Waals surface area contributed by atoms with Crippen LogP contribution in [0.1, 0.15) is 36.0 Å². The summed E-state index contributed by atoms with van der Waals surface area (Å²) in [4.78, 5) is 34.3. The number of nitro benzene ring substituents is 2. The van der Waals surface area contributed by atoms with Gasteiger partial charge in [-0.2, -0.15) is 0 Å². The van der Waals surface area contributed by atoms with Crippen molar-refractivity contribution in [3.05, 3.63) is 44.0 Å². The number of nitro groups is 2. The summed E-state index contributed by atoms with van der Waals surface area (Å²) in [6.45, 7) is 1.46. The quantitative estimate of drug-likeness (QED) is 0.504. The van der Waals surface area contributed by atoms with Crippen molar-refractivity contribution in [2.24, 2.45) is 0 Å². The number of benzene rings is 1. The minimum absolute atomic E-state index is 0.173. The van der Waals surface area contributed by atoms with Crippen LogP contribution < -0.4 is 5.32 Å². The number of thiocarbonyl (C=S) groups is 1. The topological polar surface area (TPSA) is 119 Å². The lowest BCUT2D eigenvalue weighted by Gasteiger charge is -2.23. The average Bonchev–Trinajstić information content (AvgIpc) is 2.83. The van der Waals surface area contributed by atoms with Gasteiger partial charge in [-0.25, -0.2) is 0 Å². The van der Waals surface area contributed by atoms with Crippen LogP contribution in [0.3, 0.4) is 0 Å². The fourth-order valence-corrected chi connectivity index (χ4v) is 2.73. The first-order chi connectivity index (χ1) is 11.4. The molecule has 1 aliphatic rings. The predicted molar refractivity (Wildman–Crippen MR) is 89.9 cm³/mol. The van der Waals surface area contributed by atoms with Crippen LogP contribution in [0.25, 0.3) is 0 Å². The second kappa shape index (κ2) is 7.77. The fourth-order valence-electron chi connectivity index (χ4n) is 2.46. The molecule has 24 heavy (non-hydrogen) atoms. The molecule has 9 nitrogen and oxygen atoms in total. The van der Waals surface area contributed by atoms with Gasteiger partial charge in [0.2, 0.25) is 0 Å². The molecule has 1 aliphatic heterocycles. The summed E-state index contributed by atoms with van der Waals surface area (Å²) in [6.07, 6.45) is 4.14. The molecule has 0 aromatic heterocycles. The van der Waals surface area contributed by atoms with Gasteiger partial charge in [-0.3, -0.25) is 30.3 Å². The lowest BCUT2D eigenvalue weighted by atomic mass is 10.1. The van der Waals surface area contributed by atoms with Gasteiger partial charge in [-0.05, 0) is 25.1 Å². The van der Waals surface area contributed by atoms with Gasteiger partial charge in [-0.15, -0.1) is 0 Å². The highest BCUT2D eigenvalue weighted by atomic mass is 32.1. The Morgan fingerprint density at radius 3 is 1.96 bits per heavy atom. The van der Waals surface area contributed by atoms with Crippen LogP contribution in [-0.2, 0) is 0 Å². The molecule has 0 spiro atoms. The Labute approximate surface area is 142 Å². The Balaban J connectivity index is 2.17. The van der Waals surface area contributed by atoms with E-state index in [2.05, 4.69) is 5.32 Å². The number of carbonyl (C=O) groups is 1. The average molecular weight is 352 g/mol. The van der Waals surface area contributed by atoms with E-state index >= 15 is 0 Å². The Kier molecular flexibility index (Phi) is 5.74. The van der Waals surface area contributed by atoms with Gasteiger partial charge in [0, 0.05) is 25.2 Å². The molecule has 1 aromatic rings. The third kappa shape index (κ3) is 4.44. The SMILES string of the molecule is O=C(NC(=S)N1CCCCCC1)c1cc([N+](=O)[O-])cc([N+](=O)[O-])c1. The summed E-state index contributed by atoms with van der Waals surface area (Å²) < 4.78 is 0. The zero-order valence-electron chi connectivity index (χ0n) is 12.8. The van der Waals surface area contributed by atoms with Crippen molar-refractivity contribution in [2.45, 2.75) is 25.7 Å². The summed E-state index contributed by atoms with van der Waals surface area (Å²) in [7, 11) is 0. The normalized spacial score (nSPS) is 14.6. The van der Waals surface area contributed by atoms with Gasteiger partial charge < -0.3 is 4.90 Å². The van der Waals surface area contributed by atoms with Crippen molar-refractivity contribution >= 4 is 34.6 Å². The van der Waals surface area contributed by atoms with E-state index in [0.717, 1.165) is 57.0 Å². The molecule has 0 saturated carbocycles. The van der Waals surface area contributed by atoms with Crippen LogP contribution in [0.15, 0.2) is 18.2 Å². The van der Waals surface area contributed by atoms with E-state index in [1.54, 1.807) is 0 Å². The molecule has 1 fully saturated rings. The molecule has 10 heteroatoms. The number of hydrogen-bond acceptors (Lipinski definition) is 6. The van der Waals surface area contributed by atoms with Gasteiger partial charge in [-0.1, -0.05) is 12.8 Å². The lowest BCUT2D eigenvalue weighted by Crippen LogP contribution is -2.43. The van der Waals surface area contributed by atoms with Gasteiger partial charge in [0.15, 0.2) is 5.11 Å². The summed E-state index contributed by atoms with van der Waals surface area (Å²) in [6, 6.07) is 2.80. The van der Waals surface area contributed by atoms with Crippen LogP contribution in [0, 0.1) is 20.2 Å². The van der Waals surface area contributed by atoms with E-state index in [1.807, 2.05) is 4.90 Å². The first kappa shape index (κ1) is 17.7. The van der Waals surface area contributed by atoms with Crippen LogP contribution in [0.2, 0.25) is 0 Å². The van der Waals surface area contributed by atoms with E-state index in [0.29, 0.717) is 0 Å². The van der Waals surface area contributed by atoms with Gasteiger partial charge in [0.1, 0.15) is 0 Å². The molecule has 0 radical (unpaired) electrons. The standard InChI is InChI=1S/C14H16N4O5S/c19-13(15-14(24)16-5-3-1-2-4-6-16)10-7-11(17(20)21)9-12(8-10)18(22)23/h7-9H,1-6H2,(H,15,19,24). The summed E-state index contributed by atoms with van der Waals surface area (Å²) in [5.41, 5.74) is -1.21. The van der Waals surface area contributed by atoms with Crippen molar-refractivity contribution in [3.8, 4) is 0 Å². The Hall–Kier alpha value is -2.62. The molecule has 0 atom stereocenters. The summed E-state index contributed by atoms with van der Waals surface area (Å²) >= 11 is 5.21. The number of nitrogens with zero attached hydrogens (tertiary/aromatic N) is 3. The molecular formula is C14H16N4O5S. The minimum Gasteiger partial charge on any atom is -0.349 e. The number of carbonyl (C=O) groups excluding carboxylic acids is 1. The first-order valence-corrected chi connectivity index (χ1v) is 7.83. The number of non-ortho nitro benzene ring substituents is 2. The molecule has 2 rings (SSSR count). The Morgan fingerprint density at radius 1 is 1.00 bits per heavy atom. The Morgan fingerprint density at radius 2 is 1.50 bits per heavy atom. The number of nitrogens with one attached hydrogen (secondary N) is 1. The highest BCUT2D eigenvalue weighted by Crippen LogP contribution is 2.22. The van der Waals surface area contributed by atoms with Gasteiger partial charge in [0.25, 0.3) is 17.3 Å². The van der Waals surface area contributed by atoms with Crippen molar-refractivity contribution in [3.63, 3.8) is 0 Å². The number of hydrogen-bond donors (Lipinski definition) is 1. The molecule has 1 heterocycles. The monoisotopic (exact) mass is 352 g/mol. The third-order valence-corrected chi connectivity index (χ3v) is 4.06. The van der Waals surface area contributed by atoms with E-state index < -0.39 is 27.1 Å². The van der Waals surface area contributed by atoms with Crippen LogP contribution >= 0.6 is 12.2 Å². The highest BCUT2D eigenvalue weighted by Gasteiger charge is 2.21. The van der Waals surface area contributed by atoms with Crippen molar-refractivity contribution < 1.29 is 14.6 Å². The van der Waals surface area contributed by atoms with Crippen LogP contribution in [-0.4, -0.2) is 38.9 Å². The van der Waals surface area contributed by atoms with Crippen molar-refractivity contribution in [2.75, 3.05) is 13.1 Å². The van der Waals surface area contributed by atoms with E-state index in [1.165, 1.54) is 0 Å². The van der Waals surface area contributed by atoms with E-state index in [9.17, 15) is 25.0 Å². The minimum atomic E-state index is -0.781. The van der Waals surface area contributed by atoms with Crippen LogP contribution in [0.4, 0.5) is 11.4 Å². The zero-order chi connectivity index (χ0) is 17.7. The van der Waals surface area contributed by atoms with E-state index in [-0.39, 0.29) is 10.7 Å². The molecule has 1 aromatic carbocycles. The van der Waals surface area contributed by atoms with Crippen molar-refractivity contribution in [1.29, 1.82) is 0 Å². The maximum atomic E-state index is 12.3. The predicted octanol–water partition coefficient (Wildman–Crippen LogP) is 2.39. The molecule has 0 bridgehead atoms. The number of rotatable bonds is 3. The van der Waals surface area contributed by atoms with E-state index in [4.69, 9.17) is 12.2 Å². The highest BCUT2D eigenvalue weighted by molar-refractivity contribution is 7.80. The largest absolute Gasteiger partial charge is 0.349 e. The summed E-state index contributed by atoms with van der Waals surface area (Å²) in [5.74, 6) is -0.698. The van der Waals surface area contributed by atoms with Gasteiger partial charge >= 0.3 is 0 Å². The second-order valence-corrected chi connectivity index (χ2v) is 5.80. The third-order valence-electron chi connectivity index (χ3n) is 3.70. The maximum Gasteiger partial charge on any atom is 0.277 e. The maximum absolute atomic E-state index is 12.3. The number of likely N-dealkylation sites (tertiary alicyclic amines) is 1. The molecule has 1 amide bonds. The van der Waals surface area contributed by atoms with Crippen molar-refractivity contribution in [1.82, 2.24) is 10.2 Å². The second-order valence-electron chi connectivity index (χ2n) is 5.41. The Bertz CT molecular complexity index is 653. The smallest absolute Gasteiger partial charge is 0.277 e. The molecule has 128 valence electrons. The summed E-state index contributed by atoms with van der Waals surface area (Å²) in [5, 5.41) is 24.5. The lowest BCUT2D eigenvalue weighted by molar-refractivity contribution is -0.394. The fraction of sp³-hybridized carbons (Fsp3) is 0.429. The molecular weight excluding hydrogens is 336 g/mol. The zero-order valence-corrected chi connectivity index (χ0v) is 13.6. The molecule has 0 aliphatic carbocycles. The van der Waals surface area contributed by atoms with Gasteiger partial charge in [0.05, 0.1) is 21.5 Å². The first-order valence-electron chi connectivity index (χ1n) is 7.42. The number of amides is 1. The molecule has 0 unspecified atom stereocenters. The van der Waals surface area contributed by atoms with Crippen LogP contribution in [0.5, 0.6) is 0 Å².